The SMILES string of the molecule is CC(C)(C)S(=O)(=O)Nc1ccc(C(=O)Nc2cc(F)cc(F)c2)cc1. The van der Waals surface area contributed by atoms with Crippen molar-refractivity contribution < 1.29 is 22.0 Å². The molecule has 2 rings (SSSR count). The maximum atomic E-state index is 13.1. The summed E-state index contributed by atoms with van der Waals surface area (Å²) in [7, 11) is -3.58. The molecule has 134 valence electrons. The largest absolute Gasteiger partial charge is 0.322 e. The lowest BCUT2D eigenvalue weighted by molar-refractivity contribution is 0.102. The van der Waals surface area contributed by atoms with Gasteiger partial charge in [-0.3, -0.25) is 9.52 Å². The van der Waals surface area contributed by atoms with Crippen molar-refractivity contribution in [1.29, 1.82) is 0 Å². The lowest BCUT2D eigenvalue weighted by Crippen LogP contribution is -2.33. The fourth-order valence-electron chi connectivity index (χ4n) is 1.83. The first-order valence-electron chi connectivity index (χ1n) is 7.38. The predicted octanol–water partition coefficient (Wildman–Crippen LogP) is 3.76. The fraction of sp³-hybridized carbons (Fsp3) is 0.235. The van der Waals surface area contributed by atoms with Crippen LogP contribution in [0.1, 0.15) is 31.1 Å². The van der Waals surface area contributed by atoms with Crippen LogP contribution in [0.15, 0.2) is 42.5 Å². The average Bonchev–Trinajstić information content (AvgIpc) is 2.45. The van der Waals surface area contributed by atoms with Crippen molar-refractivity contribution in [2.75, 3.05) is 10.0 Å². The number of rotatable bonds is 4. The zero-order valence-electron chi connectivity index (χ0n) is 13.9. The quantitative estimate of drug-likeness (QED) is 0.863. The van der Waals surface area contributed by atoms with Crippen LogP contribution in [0.3, 0.4) is 0 Å². The van der Waals surface area contributed by atoms with Crippen molar-refractivity contribution in [3.8, 4) is 0 Å². The number of anilines is 2. The van der Waals surface area contributed by atoms with Crippen LogP contribution < -0.4 is 10.0 Å². The second-order valence-corrected chi connectivity index (χ2v) is 8.84. The van der Waals surface area contributed by atoms with E-state index >= 15 is 0 Å². The van der Waals surface area contributed by atoms with E-state index < -0.39 is 32.3 Å². The van der Waals surface area contributed by atoms with Gasteiger partial charge in [0.25, 0.3) is 5.91 Å². The molecule has 0 fully saturated rings. The van der Waals surface area contributed by atoms with Gasteiger partial charge in [-0.25, -0.2) is 17.2 Å². The summed E-state index contributed by atoms with van der Waals surface area (Å²) < 4.78 is 51.9. The summed E-state index contributed by atoms with van der Waals surface area (Å²) in [6.45, 7) is 4.69. The van der Waals surface area contributed by atoms with Crippen molar-refractivity contribution >= 4 is 27.3 Å². The molecule has 8 heteroatoms. The van der Waals surface area contributed by atoms with Gasteiger partial charge in [-0.2, -0.15) is 0 Å². The number of hydrogen-bond acceptors (Lipinski definition) is 3. The molecule has 0 heterocycles. The second kappa shape index (κ2) is 6.79. The summed E-state index contributed by atoms with van der Waals surface area (Å²) in [6, 6.07) is 8.37. The van der Waals surface area contributed by atoms with Crippen molar-refractivity contribution in [2.24, 2.45) is 0 Å². The highest BCUT2D eigenvalue weighted by Crippen LogP contribution is 2.20. The monoisotopic (exact) mass is 368 g/mol. The van der Waals surface area contributed by atoms with Gasteiger partial charge >= 0.3 is 0 Å². The zero-order valence-corrected chi connectivity index (χ0v) is 14.7. The number of amides is 1. The highest BCUT2D eigenvalue weighted by Gasteiger charge is 2.28. The Hall–Kier alpha value is -2.48. The molecular weight excluding hydrogens is 350 g/mol. The summed E-state index contributed by atoms with van der Waals surface area (Å²) in [6.07, 6.45) is 0. The van der Waals surface area contributed by atoms with E-state index in [-0.39, 0.29) is 11.3 Å². The summed E-state index contributed by atoms with van der Waals surface area (Å²) >= 11 is 0. The van der Waals surface area contributed by atoms with Crippen LogP contribution in [0.4, 0.5) is 20.2 Å². The molecule has 0 saturated carbocycles. The van der Waals surface area contributed by atoms with Gasteiger partial charge < -0.3 is 5.32 Å². The molecule has 0 spiro atoms. The van der Waals surface area contributed by atoms with Crippen LogP contribution in [-0.4, -0.2) is 19.1 Å². The molecule has 0 aromatic heterocycles. The van der Waals surface area contributed by atoms with Crippen LogP contribution >= 0.6 is 0 Å². The van der Waals surface area contributed by atoms with Crippen molar-refractivity contribution in [2.45, 2.75) is 25.5 Å². The number of benzene rings is 2. The van der Waals surface area contributed by atoms with Gasteiger partial charge in [-0.05, 0) is 57.2 Å². The fourth-order valence-corrected chi connectivity index (χ4v) is 2.58. The van der Waals surface area contributed by atoms with E-state index in [0.29, 0.717) is 11.8 Å². The Morgan fingerprint density at radius 1 is 0.920 bits per heavy atom. The van der Waals surface area contributed by atoms with Gasteiger partial charge in [-0.1, -0.05) is 0 Å². The molecule has 0 atom stereocenters. The first-order chi connectivity index (χ1) is 11.5. The lowest BCUT2D eigenvalue weighted by atomic mass is 10.2. The van der Waals surface area contributed by atoms with E-state index in [9.17, 15) is 22.0 Å². The van der Waals surface area contributed by atoms with Crippen LogP contribution in [0.2, 0.25) is 0 Å². The molecule has 0 aliphatic heterocycles. The third-order valence-electron chi connectivity index (χ3n) is 3.33. The van der Waals surface area contributed by atoms with Crippen LogP contribution in [0.25, 0.3) is 0 Å². The van der Waals surface area contributed by atoms with Crippen LogP contribution in [-0.2, 0) is 10.0 Å². The molecule has 0 aliphatic carbocycles. The van der Waals surface area contributed by atoms with Crippen molar-refractivity contribution in [3.63, 3.8) is 0 Å². The number of nitrogens with one attached hydrogen (secondary N) is 2. The highest BCUT2D eigenvalue weighted by molar-refractivity contribution is 7.94. The number of carbonyl (C=O) groups is 1. The number of carbonyl (C=O) groups excluding carboxylic acids is 1. The van der Waals surface area contributed by atoms with Gasteiger partial charge in [0.2, 0.25) is 10.0 Å². The summed E-state index contributed by atoms with van der Waals surface area (Å²) in [5, 5.41) is 2.37. The van der Waals surface area contributed by atoms with E-state index in [1.807, 2.05) is 0 Å². The summed E-state index contributed by atoms with van der Waals surface area (Å²) in [4.78, 5) is 12.1. The number of sulfonamides is 1. The molecule has 0 aliphatic rings. The third-order valence-corrected chi connectivity index (χ3v) is 5.44. The second-order valence-electron chi connectivity index (χ2n) is 6.41. The topological polar surface area (TPSA) is 75.3 Å². The van der Waals surface area contributed by atoms with E-state index in [4.69, 9.17) is 0 Å². The van der Waals surface area contributed by atoms with E-state index in [1.165, 1.54) is 24.3 Å². The molecule has 0 saturated heterocycles. The van der Waals surface area contributed by atoms with E-state index in [1.54, 1.807) is 20.8 Å². The van der Waals surface area contributed by atoms with E-state index in [2.05, 4.69) is 10.0 Å². The molecule has 2 N–H and O–H groups in total. The van der Waals surface area contributed by atoms with Crippen molar-refractivity contribution in [1.82, 2.24) is 0 Å². The molecule has 2 aromatic rings. The molecule has 5 nitrogen and oxygen atoms in total. The number of hydrogen-bond donors (Lipinski definition) is 2. The van der Waals surface area contributed by atoms with Crippen LogP contribution in [0, 0.1) is 11.6 Å². The molecule has 0 radical (unpaired) electrons. The smallest absolute Gasteiger partial charge is 0.255 e. The van der Waals surface area contributed by atoms with Gasteiger partial charge in [0.05, 0.1) is 4.75 Å². The molecular formula is C17H18F2N2O3S. The Morgan fingerprint density at radius 3 is 1.92 bits per heavy atom. The van der Waals surface area contributed by atoms with Gasteiger partial charge in [0.15, 0.2) is 0 Å². The summed E-state index contributed by atoms with van der Waals surface area (Å²) in [5.41, 5.74) is 0.506. The van der Waals surface area contributed by atoms with E-state index in [0.717, 1.165) is 12.1 Å². The Balaban J connectivity index is 2.13. The molecule has 0 unspecified atom stereocenters. The Kier molecular flexibility index (Phi) is 5.12. The Morgan fingerprint density at radius 2 is 1.44 bits per heavy atom. The maximum Gasteiger partial charge on any atom is 0.255 e. The van der Waals surface area contributed by atoms with Gasteiger partial charge in [-0.15, -0.1) is 0 Å². The summed E-state index contributed by atoms with van der Waals surface area (Å²) in [5.74, 6) is -2.18. The normalized spacial score (nSPS) is 11.9. The first kappa shape index (κ1) is 18.9. The Bertz CT molecular complexity index is 869. The molecule has 1 amide bonds. The molecule has 0 bridgehead atoms. The Labute approximate surface area is 145 Å². The molecule has 25 heavy (non-hydrogen) atoms. The third kappa shape index (κ3) is 4.76. The standard InChI is InChI=1S/C17H18F2N2O3S/c1-17(2,3)25(23,24)21-14-6-4-11(5-7-14)16(22)20-15-9-12(18)8-13(19)10-15/h4-10,21H,1-3H3,(H,20,22). The minimum atomic E-state index is -3.58. The van der Waals surface area contributed by atoms with Crippen molar-refractivity contribution in [3.05, 3.63) is 59.7 Å². The zero-order chi connectivity index (χ0) is 18.8. The first-order valence-corrected chi connectivity index (χ1v) is 8.86. The van der Waals surface area contributed by atoms with Crippen LogP contribution in [0.5, 0.6) is 0 Å². The van der Waals surface area contributed by atoms with Gasteiger partial charge in [0.1, 0.15) is 11.6 Å². The molecule has 2 aromatic carbocycles. The van der Waals surface area contributed by atoms with Gasteiger partial charge in [0, 0.05) is 23.0 Å². The number of halogens is 2. The maximum absolute atomic E-state index is 13.1. The minimum absolute atomic E-state index is 0.0139. The highest BCUT2D eigenvalue weighted by atomic mass is 32.2. The average molecular weight is 368 g/mol. The lowest BCUT2D eigenvalue weighted by Gasteiger charge is -2.20. The minimum Gasteiger partial charge on any atom is -0.322 e. The predicted molar refractivity (Wildman–Crippen MR) is 93.0 cm³/mol.